The van der Waals surface area contributed by atoms with Crippen LogP contribution in [0.2, 0.25) is 0 Å². The van der Waals surface area contributed by atoms with Gasteiger partial charge in [-0.25, -0.2) is 9.97 Å². The highest BCUT2D eigenvalue weighted by Gasteiger charge is 2.09. The third-order valence-electron chi connectivity index (χ3n) is 4.78. The number of benzene rings is 3. The number of nitrogens with one attached hydrogen (secondary N) is 2. The van der Waals surface area contributed by atoms with E-state index in [-0.39, 0.29) is 5.91 Å². The van der Waals surface area contributed by atoms with E-state index in [0.717, 1.165) is 28.1 Å². The Bertz CT molecular complexity index is 1190. The van der Waals surface area contributed by atoms with E-state index in [1.807, 2.05) is 55.5 Å². The number of rotatable bonds is 5. The zero-order valence-corrected chi connectivity index (χ0v) is 16.9. The molecule has 0 saturated carbocycles. The largest absolute Gasteiger partial charge is 0.324 e. The lowest BCUT2D eigenvalue weighted by Crippen LogP contribution is -2.13. The molecule has 30 heavy (non-hydrogen) atoms. The van der Waals surface area contributed by atoms with Gasteiger partial charge in [0.25, 0.3) is 5.91 Å². The summed E-state index contributed by atoms with van der Waals surface area (Å²) >= 11 is 0. The van der Waals surface area contributed by atoms with Crippen LogP contribution >= 0.6 is 0 Å². The molecule has 4 rings (SSSR count). The Morgan fingerprint density at radius 1 is 0.800 bits per heavy atom. The van der Waals surface area contributed by atoms with Gasteiger partial charge in [0.2, 0.25) is 5.95 Å². The first-order valence-electron chi connectivity index (χ1n) is 9.72. The minimum atomic E-state index is -0.163. The topological polar surface area (TPSA) is 66.9 Å². The number of carbonyl (C=O) groups is 1. The molecule has 148 valence electrons. The molecule has 3 aromatic carbocycles. The monoisotopic (exact) mass is 394 g/mol. The lowest BCUT2D eigenvalue weighted by atomic mass is 10.1. The smallest absolute Gasteiger partial charge is 0.255 e. The van der Waals surface area contributed by atoms with Crippen LogP contribution in [0.1, 0.15) is 21.5 Å². The summed E-state index contributed by atoms with van der Waals surface area (Å²) in [5.74, 6) is 0.312. The SMILES string of the molecule is Cc1cccc(-c2cnc(Nc3cccc(C(=O)Nc4ccccc4C)c3)nc2)c1. The van der Waals surface area contributed by atoms with Crippen LogP contribution in [0.3, 0.4) is 0 Å². The van der Waals surface area contributed by atoms with E-state index < -0.39 is 0 Å². The fourth-order valence-corrected chi connectivity index (χ4v) is 3.14. The van der Waals surface area contributed by atoms with Crippen LogP contribution in [0.15, 0.2) is 85.2 Å². The van der Waals surface area contributed by atoms with Gasteiger partial charge in [0.1, 0.15) is 0 Å². The number of hydrogen-bond donors (Lipinski definition) is 2. The third kappa shape index (κ3) is 4.52. The summed E-state index contributed by atoms with van der Waals surface area (Å²) in [6, 6.07) is 23.2. The van der Waals surface area contributed by atoms with Crippen molar-refractivity contribution < 1.29 is 4.79 Å². The highest BCUT2D eigenvalue weighted by Crippen LogP contribution is 2.21. The number of nitrogens with zero attached hydrogens (tertiary/aromatic N) is 2. The van der Waals surface area contributed by atoms with Crippen molar-refractivity contribution in [3.05, 3.63) is 102 Å². The van der Waals surface area contributed by atoms with Crippen molar-refractivity contribution in [2.24, 2.45) is 0 Å². The molecule has 4 aromatic rings. The van der Waals surface area contributed by atoms with E-state index in [0.29, 0.717) is 11.5 Å². The second-order valence-electron chi connectivity index (χ2n) is 7.14. The van der Waals surface area contributed by atoms with E-state index in [9.17, 15) is 4.79 Å². The molecule has 0 fully saturated rings. The Balaban J connectivity index is 1.48. The van der Waals surface area contributed by atoms with Crippen LogP contribution in [0.25, 0.3) is 11.1 Å². The first-order chi connectivity index (χ1) is 14.6. The molecule has 0 radical (unpaired) electrons. The van der Waals surface area contributed by atoms with Gasteiger partial charge in [-0.15, -0.1) is 0 Å². The maximum Gasteiger partial charge on any atom is 0.255 e. The molecule has 0 aliphatic rings. The fourth-order valence-electron chi connectivity index (χ4n) is 3.14. The van der Waals surface area contributed by atoms with Crippen LogP contribution in [0.4, 0.5) is 17.3 Å². The molecule has 0 aliphatic carbocycles. The third-order valence-corrected chi connectivity index (χ3v) is 4.78. The Kier molecular flexibility index (Phi) is 5.52. The Morgan fingerprint density at radius 2 is 1.57 bits per heavy atom. The number of carbonyl (C=O) groups excluding carboxylic acids is 1. The summed E-state index contributed by atoms with van der Waals surface area (Å²) in [4.78, 5) is 21.5. The first-order valence-corrected chi connectivity index (χ1v) is 9.72. The zero-order valence-electron chi connectivity index (χ0n) is 16.9. The predicted molar refractivity (Wildman–Crippen MR) is 121 cm³/mol. The molecule has 1 amide bonds. The quantitative estimate of drug-likeness (QED) is 0.452. The van der Waals surface area contributed by atoms with E-state index in [1.54, 1.807) is 24.5 Å². The van der Waals surface area contributed by atoms with Crippen LogP contribution in [-0.4, -0.2) is 15.9 Å². The maximum absolute atomic E-state index is 12.6. The van der Waals surface area contributed by atoms with Gasteiger partial charge in [-0.05, 0) is 49.2 Å². The zero-order chi connectivity index (χ0) is 20.9. The lowest BCUT2D eigenvalue weighted by molar-refractivity contribution is 0.102. The van der Waals surface area contributed by atoms with Crippen molar-refractivity contribution in [3.8, 4) is 11.1 Å². The van der Waals surface area contributed by atoms with Gasteiger partial charge in [-0.2, -0.15) is 0 Å². The van der Waals surface area contributed by atoms with Crippen molar-refractivity contribution >= 4 is 23.2 Å². The molecule has 0 atom stereocenters. The first kappa shape index (κ1) is 19.3. The average Bonchev–Trinajstić information content (AvgIpc) is 2.76. The fraction of sp³-hybridized carbons (Fsp3) is 0.0800. The number of aromatic nitrogens is 2. The summed E-state index contributed by atoms with van der Waals surface area (Å²) in [5.41, 5.74) is 6.34. The van der Waals surface area contributed by atoms with Crippen molar-refractivity contribution in [3.63, 3.8) is 0 Å². The molecule has 0 saturated heterocycles. The Morgan fingerprint density at radius 3 is 2.33 bits per heavy atom. The highest BCUT2D eigenvalue weighted by atomic mass is 16.1. The van der Waals surface area contributed by atoms with E-state index in [2.05, 4.69) is 39.7 Å². The van der Waals surface area contributed by atoms with Gasteiger partial charge in [0.15, 0.2) is 0 Å². The summed E-state index contributed by atoms with van der Waals surface area (Å²) < 4.78 is 0. The standard InChI is InChI=1S/C25H22N4O/c1-17-7-5-9-19(13-17)21-15-26-25(27-16-21)28-22-11-6-10-20(14-22)24(30)29-23-12-4-3-8-18(23)2/h3-16H,1-2H3,(H,29,30)(H,26,27,28). The van der Waals surface area contributed by atoms with Crippen molar-refractivity contribution in [1.29, 1.82) is 0 Å². The van der Waals surface area contributed by atoms with Crippen LogP contribution < -0.4 is 10.6 Å². The van der Waals surface area contributed by atoms with Crippen LogP contribution in [0, 0.1) is 13.8 Å². The van der Waals surface area contributed by atoms with E-state index in [4.69, 9.17) is 0 Å². The van der Waals surface area contributed by atoms with Crippen LogP contribution in [-0.2, 0) is 0 Å². The van der Waals surface area contributed by atoms with Gasteiger partial charge in [0.05, 0.1) is 0 Å². The molecule has 0 bridgehead atoms. The Labute approximate surface area is 175 Å². The second-order valence-corrected chi connectivity index (χ2v) is 7.14. The molecule has 0 unspecified atom stereocenters. The number of anilines is 3. The molecule has 0 spiro atoms. The van der Waals surface area contributed by atoms with E-state index >= 15 is 0 Å². The molecule has 1 heterocycles. The molecular formula is C25H22N4O. The number of aryl methyl sites for hydroxylation is 2. The average molecular weight is 394 g/mol. The van der Waals surface area contributed by atoms with Crippen molar-refractivity contribution in [2.75, 3.05) is 10.6 Å². The van der Waals surface area contributed by atoms with Gasteiger partial charge < -0.3 is 10.6 Å². The van der Waals surface area contributed by atoms with Gasteiger partial charge in [0, 0.05) is 34.9 Å². The number of amides is 1. The van der Waals surface area contributed by atoms with Crippen molar-refractivity contribution in [2.45, 2.75) is 13.8 Å². The number of hydrogen-bond acceptors (Lipinski definition) is 4. The minimum absolute atomic E-state index is 0.163. The van der Waals surface area contributed by atoms with Gasteiger partial charge >= 0.3 is 0 Å². The molecule has 2 N–H and O–H groups in total. The van der Waals surface area contributed by atoms with Crippen LogP contribution in [0.5, 0.6) is 0 Å². The summed E-state index contributed by atoms with van der Waals surface area (Å²) in [7, 11) is 0. The highest BCUT2D eigenvalue weighted by molar-refractivity contribution is 6.05. The van der Waals surface area contributed by atoms with Crippen molar-refractivity contribution in [1.82, 2.24) is 9.97 Å². The van der Waals surface area contributed by atoms with Gasteiger partial charge in [-0.1, -0.05) is 54.1 Å². The molecular weight excluding hydrogens is 372 g/mol. The van der Waals surface area contributed by atoms with E-state index in [1.165, 1.54) is 5.56 Å². The Hall–Kier alpha value is -3.99. The summed E-state index contributed by atoms with van der Waals surface area (Å²) in [5, 5.41) is 6.11. The summed E-state index contributed by atoms with van der Waals surface area (Å²) in [6.07, 6.45) is 3.58. The normalized spacial score (nSPS) is 10.5. The maximum atomic E-state index is 12.6. The molecule has 0 aliphatic heterocycles. The predicted octanol–water partition coefficient (Wildman–Crippen LogP) is 5.76. The second kappa shape index (κ2) is 8.57. The summed E-state index contributed by atoms with van der Waals surface area (Å²) in [6.45, 7) is 4.02. The molecule has 5 nitrogen and oxygen atoms in total. The lowest BCUT2D eigenvalue weighted by Gasteiger charge is -2.10. The molecule has 1 aromatic heterocycles. The number of para-hydroxylation sites is 1. The molecule has 5 heteroatoms. The minimum Gasteiger partial charge on any atom is -0.324 e. The van der Waals surface area contributed by atoms with Gasteiger partial charge in [-0.3, -0.25) is 4.79 Å².